The van der Waals surface area contributed by atoms with E-state index in [4.69, 9.17) is 9.47 Å². The SMILES string of the molecule is Cc1nc(C)n(Cc2ccc3c(c2)OCO3)c1C(=O)O. The third-order valence-corrected chi connectivity index (χ3v) is 3.31. The lowest BCUT2D eigenvalue weighted by Crippen LogP contribution is -2.11. The number of carboxylic acid groups (broad SMARTS) is 1. The van der Waals surface area contributed by atoms with Crippen LogP contribution in [0.3, 0.4) is 0 Å². The molecule has 1 aliphatic rings. The number of fused-ring (bicyclic) bond motifs is 1. The molecule has 0 spiro atoms. The Hall–Kier alpha value is -2.50. The van der Waals surface area contributed by atoms with Crippen molar-refractivity contribution in [1.29, 1.82) is 0 Å². The van der Waals surface area contributed by atoms with E-state index in [9.17, 15) is 9.90 Å². The molecule has 0 radical (unpaired) electrons. The normalized spacial score (nSPS) is 12.7. The molecule has 0 saturated carbocycles. The zero-order chi connectivity index (χ0) is 14.3. The molecule has 0 atom stereocenters. The molecule has 0 unspecified atom stereocenters. The second-order valence-electron chi connectivity index (χ2n) is 4.67. The van der Waals surface area contributed by atoms with E-state index < -0.39 is 5.97 Å². The first kappa shape index (κ1) is 12.5. The van der Waals surface area contributed by atoms with Crippen molar-refractivity contribution in [3.63, 3.8) is 0 Å². The number of imidazole rings is 1. The van der Waals surface area contributed by atoms with Crippen LogP contribution in [0.25, 0.3) is 0 Å². The minimum Gasteiger partial charge on any atom is -0.477 e. The van der Waals surface area contributed by atoms with E-state index in [0.29, 0.717) is 29.6 Å². The summed E-state index contributed by atoms with van der Waals surface area (Å²) < 4.78 is 12.3. The fraction of sp³-hybridized carbons (Fsp3) is 0.286. The quantitative estimate of drug-likeness (QED) is 0.926. The lowest BCUT2D eigenvalue weighted by Gasteiger charge is -2.09. The van der Waals surface area contributed by atoms with Crippen molar-refractivity contribution >= 4 is 5.97 Å². The molecular formula is C14H14N2O4. The van der Waals surface area contributed by atoms with Crippen LogP contribution < -0.4 is 9.47 Å². The Bertz CT molecular complexity index is 691. The third-order valence-electron chi connectivity index (χ3n) is 3.31. The minimum absolute atomic E-state index is 0.222. The molecule has 1 aliphatic heterocycles. The van der Waals surface area contributed by atoms with Crippen molar-refractivity contribution in [2.75, 3.05) is 6.79 Å². The summed E-state index contributed by atoms with van der Waals surface area (Å²) in [5.41, 5.74) is 1.69. The first-order valence-electron chi connectivity index (χ1n) is 6.22. The fourth-order valence-corrected chi connectivity index (χ4v) is 2.40. The summed E-state index contributed by atoms with van der Waals surface area (Å²) in [5.74, 6) is 1.11. The minimum atomic E-state index is -0.969. The number of carbonyl (C=O) groups is 1. The molecular weight excluding hydrogens is 260 g/mol. The maximum atomic E-state index is 11.3. The summed E-state index contributed by atoms with van der Waals surface area (Å²) in [7, 11) is 0. The Balaban J connectivity index is 1.97. The first-order valence-corrected chi connectivity index (χ1v) is 6.22. The standard InChI is InChI=1S/C14H14N2O4/c1-8-13(14(17)18)16(9(2)15-8)6-10-3-4-11-12(5-10)20-7-19-11/h3-5H,6-7H2,1-2H3,(H,17,18). The monoisotopic (exact) mass is 274 g/mol. The molecule has 2 aromatic rings. The molecule has 1 aromatic carbocycles. The molecule has 6 heteroatoms. The Morgan fingerprint density at radius 2 is 2.10 bits per heavy atom. The number of hydrogen-bond donors (Lipinski definition) is 1. The molecule has 0 bridgehead atoms. The van der Waals surface area contributed by atoms with Gasteiger partial charge in [-0.2, -0.15) is 0 Å². The smallest absolute Gasteiger partial charge is 0.354 e. The number of nitrogens with zero attached hydrogens (tertiary/aromatic N) is 2. The molecule has 0 saturated heterocycles. The van der Waals surface area contributed by atoms with Crippen LogP contribution in [-0.4, -0.2) is 27.4 Å². The second kappa shape index (κ2) is 4.56. The van der Waals surface area contributed by atoms with Crippen LogP contribution in [0.15, 0.2) is 18.2 Å². The molecule has 104 valence electrons. The van der Waals surface area contributed by atoms with Crippen LogP contribution in [0, 0.1) is 13.8 Å². The highest BCUT2D eigenvalue weighted by molar-refractivity contribution is 5.87. The van der Waals surface area contributed by atoms with Crippen LogP contribution >= 0.6 is 0 Å². The van der Waals surface area contributed by atoms with E-state index in [2.05, 4.69) is 4.98 Å². The van der Waals surface area contributed by atoms with Gasteiger partial charge in [-0.1, -0.05) is 6.07 Å². The predicted molar refractivity (Wildman–Crippen MR) is 70.3 cm³/mol. The topological polar surface area (TPSA) is 73.6 Å². The lowest BCUT2D eigenvalue weighted by atomic mass is 10.2. The molecule has 6 nitrogen and oxygen atoms in total. The van der Waals surface area contributed by atoms with Crippen molar-refractivity contribution in [2.24, 2.45) is 0 Å². The average Bonchev–Trinajstić information content (AvgIpc) is 2.94. The molecule has 2 heterocycles. The van der Waals surface area contributed by atoms with E-state index in [0.717, 1.165) is 5.56 Å². The van der Waals surface area contributed by atoms with E-state index in [-0.39, 0.29) is 12.5 Å². The van der Waals surface area contributed by atoms with Gasteiger partial charge in [0.15, 0.2) is 17.2 Å². The fourth-order valence-electron chi connectivity index (χ4n) is 2.40. The van der Waals surface area contributed by atoms with Crippen molar-refractivity contribution in [2.45, 2.75) is 20.4 Å². The third kappa shape index (κ3) is 1.99. The van der Waals surface area contributed by atoms with Gasteiger partial charge in [0.05, 0.1) is 5.69 Å². The maximum absolute atomic E-state index is 11.3. The molecule has 1 aromatic heterocycles. The summed E-state index contributed by atoms with van der Waals surface area (Å²) in [4.78, 5) is 15.6. The van der Waals surface area contributed by atoms with Gasteiger partial charge in [-0.25, -0.2) is 9.78 Å². The Morgan fingerprint density at radius 1 is 1.35 bits per heavy atom. The Labute approximate surface area is 115 Å². The van der Waals surface area contributed by atoms with Crippen molar-refractivity contribution in [3.05, 3.63) is 41.0 Å². The number of hydrogen-bond acceptors (Lipinski definition) is 4. The van der Waals surface area contributed by atoms with E-state index in [1.807, 2.05) is 18.2 Å². The van der Waals surface area contributed by atoms with Gasteiger partial charge in [0.2, 0.25) is 6.79 Å². The van der Waals surface area contributed by atoms with Gasteiger partial charge in [-0.3, -0.25) is 0 Å². The Morgan fingerprint density at radius 3 is 2.85 bits per heavy atom. The number of aromatic nitrogens is 2. The van der Waals surface area contributed by atoms with Gasteiger partial charge < -0.3 is 19.1 Å². The van der Waals surface area contributed by atoms with Gasteiger partial charge in [0, 0.05) is 6.54 Å². The average molecular weight is 274 g/mol. The summed E-state index contributed by atoms with van der Waals surface area (Å²) in [6.07, 6.45) is 0. The highest BCUT2D eigenvalue weighted by Crippen LogP contribution is 2.32. The molecule has 3 rings (SSSR count). The summed E-state index contributed by atoms with van der Waals surface area (Å²) >= 11 is 0. The van der Waals surface area contributed by atoms with Gasteiger partial charge in [0.25, 0.3) is 0 Å². The van der Waals surface area contributed by atoms with Crippen molar-refractivity contribution in [1.82, 2.24) is 9.55 Å². The molecule has 1 N–H and O–H groups in total. The number of benzene rings is 1. The first-order chi connectivity index (χ1) is 9.56. The number of carboxylic acids is 1. The zero-order valence-electron chi connectivity index (χ0n) is 11.2. The highest BCUT2D eigenvalue weighted by Gasteiger charge is 2.19. The van der Waals surface area contributed by atoms with E-state index in [1.54, 1.807) is 18.4 Å². The van der Waals surface area contributed by atoms with Gasteiger partial charge in [-0.15, -0.1) is 0 Å². The lowest BCUT2D eigenvalue weighted by molar-refractivity contribution is 0.0684. The summed E-state index contributed by atoms with van der Waals surface area (Å²) in [5, 5.41) is 9.29. The van der Waals surface area contributed by atoms with Crippen molar-refractivity contribution < 1.29 is 19.4 Å². The van der Waals surface area contributed by atoms with Crippen LogP contribution in [0.1, 0.15) is 27.6 Å². The molecule has 0 amide bonds. The summed E-state index contributed by atoms with van der Waals surface area (Å²) in [6, 6.07) is 5.59. The number of ether oxygens (including phenoxy) is 2. The Kier molecular flexibility index (Phi) is 2.85. The van der Waals surface area contributed by atoms with Gasteiger partial charge in [0.1, 0.15) is 5.82 Å². The second-order valence-corrected chi connectivity index (χ2v) is 4.67. The highest BCUT2D eigenvalue weighted by atomic mass is 16.7. The van der Waals surface area contributed by atoms with Crippen LogP contribution in [0.5, 0.6) is 11.5 Å². The van der Waals surface area contributed by atoms with Crippen molar-refractivity contribution in [3.8, 4) is 11.5 Å². The van der Waals surface area contributed by atoms with Gasteiger partial charge in [-0.05, 0) is 31.5 Å². The largest absolute Gasteiger partial charge is 0.477 e. The molecule has 0 fully saturated rings. The van der Waals surface area contributed by atoms with Crippen LogP contribution in [0.4, 0.5) is 0 Å². The summed E-state index contributed by atoms with van der Waals surface area (Å²) in [6.45, 7) is 4.16. The molecule has 20 heavy (non-hydrogen) atoms. The van der Waals surface area contributed by atoms with E-state index >= 15 is 0 Å². The van der Waals surface area contributed by atoms with Crippen LogP contribution in [0.2, 0.25) is 0 Å². The number of aromatic carboxylic acids is 1. The van der Waals surface area contributed by atoms with Crippen LogP contribution in [-0.2, 0) is 6.54 Å². The zero-order valence-corrected chi connectivity index (χ0v) is 11.2. The van der Waals surface area contributed by atoms with E-state index in [1.165, 1.54) is 0 Å². The number of aryl methyl sites for hydroxylation is 2. The number of rotatable bonds is 3. The molecule has 0 aliphatic carbocycles. The maximum Gasteiger partial charge on any atom is 0.354 e. The predicted octanol–water partition coefficient (Wildman–Crippen LogP) is 1.98. The van der Waals surface area contributed by atoms with Gasteiger partial charge >= 0.3 is 5.97 Å².